The molecule has 0 amide bonds. The highest BCUT2D eigenvalue weighted by Gasteiger charge is 2.72. The van der Waals surface area contributed by atoms with Crippen LogP contribution in [-0.2, 0) is 36.5 Å². The number of methoxy groups -OCH3 is 1. The molecule has 4 bridgehead atoms. The molecule has 6 heterocycles. The molecule has 0 radical (unpaired) electrons. The van der Waals surface area contributed by atoms with Crippen LogP contribution in [-0.4, -0.2) is 78.4 Å². The first-order valence-electron chi connectivity index (χ1n) is 25.0. The van der Waals surface area contributed by atoms with Gasteiger partial charge in [-0.05, 0) is 120 Å². The number of aliphatic hydroxyl groups is 1. The van der Waals surface area contributed by atoms with Gasteiger partial charge in [0, 0.05) is 68.7 Å². The number of anilines is 1. The summed E-state index contributed by atoms with van der Waals surface area (Å²) in [5.41, 5.74) is 22.9. The van der Waals surface area contributed by atoms with E-state index in [4.69, 9.17) is 35.0 Å². The fraction of sp³-hybridized carbons (Fsp3) is 0.483. The third kappa shape index (κ3) is 5.65. The van der Waals surface area contributed by atoms with Crippen molar-refractivity contribution in [2.24, 2.45) is 10.8 Å². The summed E-state index contributed by atoms with van der Waals surface area (Å²) in [6, 6.07) is 26.8. The van der Waals surface area contributed by atoms with Gasteiger partial charge in [0.1, 0.15) is 17.2 Å². The molecule has 9 heteroatoms. The molecular formula is C58H71N5O4. The number of hydrogen-bond acceptors (Lipinski definition) is 9. The van der Waals surface area contributed by atoms with Gasteiger partial charge >= 0.3 is 0 Å². The number of aliphatic hydroxyl groups excluding tert-OH is 1. The maximum atomic E-state index is 7.00. The molecule has 4 aromatic carbocycles. The minimum atomic E-state index is -0.0514. The van der Waals surface area contributed by atoms with Crippen molar-refractivity contribution in [1.29, 1.82) is 0 Å². The van der Waals surface area contributed by atoms with Crippen LogP contribution in [0.15, 0.2) is 72.8 Å². The van der Waals surface area contributed by atoms with E-state index in [1.54, 1.807) is 7.11 Å². The first-order valence-corrected chi connectivity index (χ1v) is 25.0. The Balaban J connectivity index is 0.000000141. The first kappa shape index (κ1) is 45.6. The number of likely N-dealkylation sites (N-methyl/N-ethyl adjacent to an activating group) is 2. The maximum Gasteiger partial charge on any atom is 0.151 e. The number of nitrogens with zero attached hydrogens (tertiary/aromatic N) is 4. The van der Waals surface area contributed by atoms with Crippen LogP contribution in [0.1, 0.15) is 122 Å². The zero-order chi connectivity index (χ0) is 47.5. The second-order valence-electron chi connectivity index (χ2n) is 20.5. The Kier molecular flexibility index (Phi) is 11.0. The van der Waals surface area contributed by atoms with Gasteiger partial charge in [0.05, 0.1) is 40.4 Å². The standard InChI is InChI=1S/C27H28N2O2.C26H27N3O.2C2H6.CH4O/c1-15-9-10-16-13-20-26(2)14-18-22(28-19-8-6-5-7-17(19)24(18)30-4)25-27(26,11-12-29(20)3)21(16)23(15)31-25;1-14-8-9-15-12-19-25(2)13-17-21(27)16-6-4-5-7-18(16)28-22(17)24-26(25,10-11-29(19)3)20(15)23(14)30-24;3*1-2/h5-10,20,25H,11-14H2,1-4H3;4-9,19,24H,10-13H2,1-3H3,(H2,27,28);2*1-2H3;2H,1H3/t20-,25?,26+,27+;19-,24+,25+,26+;;;/m11.../s1. The molecule has 4 aliphatic heterocycles. The Morgan fingerprint density at radius 1 is 0.642 bits per heavy atom. The smallest absolute Gasteiger partial charge is 0.151 e. The third-order valence-electron chi connectivity index (χ3n) is 18.1. The van der Waals surface area contributed by atoms with Crippen molar-refractivity contribution < 1.29 is 19.3 Å². The third-order valence-corrected chi connectivity index (χ3v) is 18.1. The van der Waals surface area contributed by atoms with Crippen LogP contribution in [0.5, 0.6) is 17.2 Å². The normalized spacial score (nSPS) is 30.1. The van der Waals surface area contributed by atoms with E-state index in [1.807, 2.05) is 33.8 Å². The number of nitrogens with two attached hydrogens (primary N) is 1. The molecule has 2 spiro atoms. The molecular weight excluding hydrogens is 831 g/mol. The van der Waals surface area contributed by atoms with Crippen LogP contribution >= 0.6 is 0 Å². The van der Waals surface area contributed by atoms with E-state index < -0.39 is 0 Å². The van der Waals surface area contributed by atoms with E-state index in [9.17, 15) is 0 Å². The zero-order valence-corrected chi connectivity index (χ0v) is 41.9. The van der Waals surface area contributed by atoms with E-state index in [2.05, 4.69) is 118 Å². The van der Waals surface area contributed by atoms with Crippen LogP contribution in [0.25, 0.3) is 21.8 Å². The summed E-state index contributed by atoms with van der Waals surface area (Å²) in [5.74, 6) is 3.23. The summed E-state index contributed by atoms with van der Waals surface area (Å²) in [6.45, 7) is 19.6. The number of ether oxygens (including phenoxy) is 3. The van der Waals surface area contributed by atoms with E-state index in [1.165, 1.54) is 44.5 Å². The molecule has 1 unspecified atom stereocenters. The Bertz CT molecular complexity index is 2950. The number of rotatable bonds is 1. The lowest BCUT2D eigenvalue weighted by molar-refractivity contribution is -0.0913. The topological polar surface area (TPSA) is 106 Å². The molecule has 14 rings (SSSR count). The van der Waals surface area contributed by atoms with E-state index >= 15 is 0 Å². The van der Waals surface area contributed by atoms with Gasteiger partial charge in [0.15, 0.2) is 12.2 Å². The highest BCUT2D eigenvalue weighted by atomic mass is 16.5. The van der Waals surface area contributed by atoms with Crippen LogP contribution in [0, 0.1) is 24.7 Å². The number of hydrogen-bond donors (Lipinski definition) is 2. The molecule has 4 aliphatic carbocycles. The summed E-state index contributed by atoms with van der Waals surface area (Å²) in [5, 5.41) is 9.17. The van der Waals surface area contributed by atoms with E-state index in [0.717, 1.165) is 115 Å². The minimum Gasteiger partial charge on any atom is -0.496 e. The monoisotopic (exact) mass is 902 g/mol. The fourth-order valence-corrected chi connectivity index (χ4v) is 15.2. The molecule has 8 aliphatic rings. The molecule has 6 aromatic rings. The fourth-order valence-electron chi connectivity index (χ4n) is 15.2. The SMILES string of the molecule is CC.CC.CO.COc1c2c(nc3ccccc13)C1Oc3c(C)ccc4c3[C@@]13CCN(C)[C@H](C4)[C@]3(C)C2.Cc1ccc2c3c1O[C@H]1c4nc5ccccc5c(N)c4C[C@@]4(C)[C@@H](C2)N(C)CC[C@]314. The van der Waals surface area contributed by atoms with Gasteiger partial charge in [0.2, 0.25) is 0 Å². The number of benzene rings is 4. The van der Waals surface area contributed by atoms with E-state index in [-0.39, 0.29) is 33.9 Å². The molecule has 2 aromatic heterocycles. The van der Waals surface area contributed by atoms with Crippen LogP contribution in [0.3, 0.4) is 0 Å². The maximum absolute atomic E-state index is 7.00. The Hall–Kier alpha value is -5.22. The van der Waals surface area contributed by atoms with Crippen molar-refractivity contribution in [2.45, 2.75) is 129 Å². The van der Waals surface area contributed by atoms with Crippen molar-refractivity contribution in [3.8, 4) is 17.2 Å². The van der Waals surface area contributed by atoms with Crippen LogP contribution in [0.2, 0.25) is 0 Å². The van der Waals surface area contributed by atoms with Gasteiger partial charge < -0.3 is 34.9 Å². The lowest BCUT2D eigenvalue weighted by atomic mass is 9.44. The van der Waals surface area contributed by atoms with Gasteiger partial charge in [-0.3, -0.25) is 0 Å². The van der Waals surface area contributed by atoms with Gasteiger partial charge in [0.25, 0.3) is 0 Å². The minimum absolute atomic E-state index is 0.0198. The largest absolute Gasteiger partial charge is 0.496 e. The van der Waals surface area contributed by atoms with E-state index in [0.29, 0.717) is 12.1 Å². The summed E-state index contributed by atoms with van der Waals surface area (Å²) in [6.07, 6.45) is 6.24. The second-order valence-corrected chi connectivity index (χ2v) is 20.5. The molecule has 2 saturated heterocycles. The molecule has 352 valence electrons. The molecule has 0 saturated carbocycles. The number of pyridine rings is 2. The Labute approximate surface area is 398 Å². The number of para-hydroxylation sites is 2. The predicted molar refractivity (Wildman–Crippen MR) is 271 cm³/mol. The van der Waals surface area contributed by atoms with Gasteiger partial charge in [-0.25, -0.2) is 9.97 Å². The van der Waals surface area contributed by atoms with Crippen molar-refractivity contribution in [1.82, 2.24) is 19.8 Å². The van der Waals surface area contributed by atoms with Gasteiger partial charge in [-0.2, -0.15) is 0 Å². The van der Waals surface area contributed by atoms with Gasteiger partial charge in [-0.15, -0.1) is 0 Å². The number of likely N-dealkylation sites (tertiary alicyclic amines) is 2. The zero-order valence-electron chi connectivity index (χ0n) is 41.9. The number of nitrogen functional groups attached to an aromatic ring is 1. The lowest BCUT2D eigenvalue weighted by Crippen LogP contribution is -2.68. The Morgan fingerprint density at radius 3 is 1.57 bits per heavy atom. The molecule has 8 atom stereocenters. The van der Waals surface area contributed by atoms with Gasteiger partial charge in [-0.1, -0.05) is 96.1 Å². The number of piperidine rings is 2. The average Bonchev–Trinajstić information content (AvgIpc) is 3.90. The molecule has 3 N–H and O–H groups in total. The summed E-state index contributed by atoms with van der Waals surface area (Å²) >= 11 is 0. The quantitative estimate of drug-likeness (QED) is 0.167. The molecule has 2 fully saturated rings. The average molecular weight is 902 g/mol. The number of aromatic nitrogens is 2. The summed E-state index contributed by atoms with van der Waals surface area (Å²) < 4.78 is 19.9. The number of fused-ring (bicyclic) bond motifs is 6. The van der Waals surface area contributed by atoms with Crippen molar-refractivity contribution in [3.05, 3.63) is 129 Å². The Morgan fingerprint density at radius 2 is 1.07 bits per heavy atom. The van der Waals surface area contributed by atoms with Crippen LogP contribution in [0.4, 0.5) is 5.69 Å². The summed E-state index contributed by atoms with van der Waals surface area (Å²) in [7, 11) is 7.40. The first-order chi connectivity index (χ1) is 32.4. The highest BCUT2D eigenvalue weighted by Crippen LogP contribution is 2.73. The van der Waals surface area contributed by atoms with Crippen LogP contribution < -0.4 is 19.9 Å². The predicted octanol–water partition coefficient (Wildman–Crippen LogP) is 10.7. The lowest BCUT2D eigenvalue weighted by Gasteiger charge is -2.64. The molecule has 9 nitrogen and oxygen atoms in total. The summed E-state index contributed by atoms with van der Waals surface area (Å²) in [4.78, 5) is 15.6. The van der Waals surface area contributed by atoms with Crippen molar-refractivity contribution in [3.63, 3.8) is 0 Å². The number of aryl methyl sites for hydroxylation is 2. The van der Waals surface area contributed by atoms with Crippen molar-refractivity contribution in [2.75, 3.05) is 47.1 Å². The molecule has 67 heavy (non-hydrogen) atoms. The highest BCUT2D eigenvalue weighted by molar-refractivity contribution is 5.93. The van der Waals surface area contributed by atoms with Crippen molar-refractivity contribution >= 4 is 27.5 Å². The second kappa shape index (κ2) is 16.2.